The Labute approximate surface area is 144 Å². The van der Waals surface area contributed by atoms with Crippen LogP contribution in [0.15, 0.2) is 24.3 Å². The van der Waals surface area contributed by atoms with Crippen molar-refractivity contribution < 1.29 is 9.59 Å². The lowest BCUT2D eigenvalue weighted by Crippen LogP contribution is -2.44. The van der Waals surface area contributed by atoms with Gasteiger partial charge in [-0.25, -0.2) is 0 Å². The molecule has 2 saturated heterocycles. The van der Waals surface area contributed by atoms with Crippen LogP contribution in [0.1, 0.15) is 24.8 Å². The Hall–Kier alpha value is -2.04. The summed E-state index contributed by atoms with van der Waals surface area (Å²) in [5.74, 6) is 0.137. The molecule has 24 heavy (non-hydrogen) atoms. The van der Waals surface area contributed by atoms with Gasteiger partial charge in [-0.3, -0.25) is 9.59 Å². The summed E-state index contributed by atoms with van der Waals surface area (Å²) in [5, 5.41) is 0. The van der Waals surface area contributed by atoms with Gasteiger partial charge in [-0.05, 0) is 31.9 Å². The number of carbonyl (C=O) groups is 2. The Bertz CT molecular complexity index is 599. The average Bonchev–Trinajstić information content (AvgIpc) is 2.83. The predicted octanol–water partition coefficient (Wildman–Crippen LogP) is 1.90. The van der Waals surface area contributed by atoms with Gasteiger partial charge in [0, 0.05) is 57.8 Å². The van der Waals surface area contributed by atoms with E-state index in [1.807, 2.05) is 11.9 Å². The lowest BCUT2D eigenvalue weighted by Gasteiger charge is -2.31. The minimum atomic E-state index is -0.125. The number of anilines is 1. The topological polar surface area (TPSA) is 43.9 Å². The zero-order chi connectivity index (χ0) is 17.1. The van der Waals surface area contributed by atoms with E-state index in [0.29, 0.717) is 13.0 Å². The molecule has 5 nitrogen and oxygen atoms in total. The minimum Gasteiger partial charge on any atom is -0.370 e. The number of hydrogen-bond donors (Lipinski definition) is 0. The van der Waals surface area contributed by atoms with E-state index in [9.17, 15) is 9.59 Å². The van der Waals surface area contributed by atoms with Crippen molar-refractivity contribution in [2.24, 2.45) is 5.92 Å². The van der Waals surface area contributed by atoms with Crippen LogP contribution in [-0.2, 0) is 9.59 Å². The lowest BCUT2D eigenvalue weighted by atomic mass is 9.95. The second-order valence-corrected chi connectivity index (χ2v) is 7.01. The summed E-state index contributed by atoms with van der Waals surface area (Å²) in [6.07, 6.45) is 2.13. The molecule has 5 heteroatoms. The number of hydrogen-bond acceptors (Lipinski definition) is 3. The average molecular weight is 329 g/mol. The van der Waals surface area contributed by atoms with Crippen LogP contribution >= 0.6 is 0 Å². The summed E-state index contributed by atoms with van der Waals surface area (Å²) < 4.78 is 0. The molecule has 0 saturated carbocycles. The van der Waals surface area contributed by atoms with E-state index in [1.165, 1.54) is 11.3 Å². The molecule has 0 bridgehead atoms. The van der Waals surface area contributed by atoms with Crippen molar-refractivity contribution in [1.29, 1.82) is 0 Å². The number of benzene rings is 1. The molecule has 3 rings (SSSR count). The number of amides is 2. The molecule has 0 unspecified atom stereocenters. The molecule has 1 aromatic carbocycles. The SMILES string of the molecule is Cc1ccc(N2CCCN(C(=O)[C@@H]3CCN(C)C(=O)C3)CC2)cc1. The highest BCUT2D eigenvalue weighted by Gasteiger charge is 2.32. The Kier molecular flexibility index (Phi) is 5.07. The van der Waals surface area contributed by atoms with Gasteiger partial charge in [0.2, 0.25) is 11.8 Å². The molecule has 2 aliphatic heterocycles. The maximum atomic E-state index is 12.8. The van der Waals surface area contributed by atoms with E-state index in [0.717, 1.165) is 39.0 Å². The highest BCUT2D eigenvalue weighted by molar-refractivity contribution is 5.87. The summed E-state index contributed by atoms with van der Waals surface area (Å²) in [6, 6.07) is 8.57. The third kappa shape index (κ3) is 3.71. The highest BCUT2D eigenvalue weighted by Crippen LogP contribution is 2.22. The molecule has 2 fully saturated rings. The lowest BCUT2D eigenvalue weighted by molar-refractivity contribution is -0.144. The van der Waals surface area contributed by atoms with E-state index in [4.69, 9.17) is 0 Å². The molecule has 2 amide bonds. The molecule has 2 aliphatic rings. The molecule has 0 aliphatic carbocycles. The molecule has 1 aromatic rings. The largest absolute Gasteiger partial charge is 0.370 e. The van der Waals surface area contributed by atoms with E-state index in [2.05, 4.69) is 36.1 Å². The third-order valence-corrected chi connectivity index (χ3v) is 5.22. The fraction of sp³-hybridized carbons (Fsp3) is 0.579. The maximum absolute atomic E-state index is 12.8. The van der Waals surface area contributed by atoms with Gasteiger partial charge in [0.15, 0.2) is 0 Å². The van der Waals surface area contributed by atoms with Crippen LogP contribution in [0.25, 0.3) is 0 Å². The first-order chi connectivity index (χ1) is 11.5. The fourth-order valence-electron chi connectivity index (χ4n) is 3.56. The standard InChI is InChI=1S/C19H27N3O2/c1-15-4-6-17(7-5-15)21-9-3-10-22(13-12-21)19(24)16-8-11-20(2)18(23)14-16/h4-7,16H,3,8-14H2,1-2H3/t16-/m1/s1. The number of aryl methyl sites for hydroxylation is 1. The van der Waals surface area contributed by atoms with Crippen LogP contribution in [0, 0.1) is 12.8 Å². The molecule has 130 valence electrons. The monoisotopic (exact) mass is 329 g/mol. The summed E-state index contributed by atoms with van der Waals surface area (Å²) >= 11 is 0. The van der Waals surface area contributed by atoms with E-state index >= 15 is 0 Å². The Morgan fingerprint density at radius 3 is 2.50 bits per heavy atom. The quantitative estimate of drug-likeness (QED) is 0.832. The second-order valence-electron chi connectivity index (χ2n) is 7.01. The van der Waals surface area contributed by atoms with E-state index < -0.39 is 0 Å². The van der Waals surface area contributed by atoms with Gasteiger partial charge in [-0.2, -0.15) is 0 Å². The van der Waals surface area contributed by atoms with Gasteiger partial charge in [-0.15, -0.1) is 0 Å². The third-order valence-electron chi connectivity index (χ3n) is 5.22. The number of carbonyl (C=O) groups excluding carboxylic acids is 2. The number of likely N-dealkylation sites (tertiary alicyclic amines) is 1. The van der Waals surface area contributed by atoms with Crippen molar-refractivity contribution in [3.05, 3.63) is 29.8 Å². The Balaban J connectivity index is 1.60. The smallest absolute Gasteiger partial charge is 0.226 e. The van der Waals surface area contributed by atoms with Gasteiger partial charge < -0.3 is 14.7 Å². The van der Waals surface area contributed by atoms with Crippen molar-refractivity contribution in [2.45, 2.75) is 26.2 Å². The number of rotatable bonds is 2. The Morgan fingerprint density at radius 2 is 1.79 bits per heavy atom. The van der Waals surface area contributed by atoms with Crippen LogP contribution in [0.4, 0.5) is 5.69 Å². The van der Waals surface area contributed by atoms with Crippen LogP contribution in [0.5, 0.6) is 0 Å². The molecule has 0 aromatic heterocycles. The van der Waals surface area contributed by atoms with E-state index in [-0.39, 0.29) is 17.7 Å². The highest BCUT2D eigenvalue weighted by atomic mass is 16.2. The van der Waals surface area contributed by atoms with Crippen LogP contribution in [0.3, 0.4) is 0 Å². The first kappa shape index (κ1) is 16.8. The van der Waals surface area contributed by atoms with Gasteiger partial charge in [-0.1, -0.05) is 17.7 Å². The summed E-state index contributed by atoms with van der Waals surface area (Å²) in [7, 11) is 1.81. The van der Waals surface area contributed by atoms with Gasteiger partial charge in [0.25, 0.3) is 0 Å². The normalized spacial score (nSPS) is 22.5. The van der Waals surface area contributed by atoms with Crippen LogP contribution in [-0.4, -0.2) is 61.4 Å². The fourth-order valence-corrected chi connectivity index (χ4v) is 3.56. The van der Waals surface area contributed by atoms with Crippen molar-refractivity contribution in [2.75, 3.05) is 44.7 Å². The molecule has 1 atom stereocenters. The maximum Gasteiger partial charge on any atom is 0.226 e. The molecular weight excluding hydrogens is 302 g/mol. The molecule has 0 N–H and O–H groups in total. The van der Waals surface area contributed by atoms with Crippen molar-refractivity contribution >= 4 is 17.5 Å². The first-order valence-electron chi connectivity index (χ1n) is 8.89. The Morgan fingerprint density at radius 1 is 1.04 bits per heavy atom. The van der Waals surface area contributed by atoms with Crippen LogP contribution in [0.2, 0.25) is 0 Å². The number of nitrogens with zero attached hydrogens (tertiary/aromatic N) is 3. The first-order valence-corrected chi connectivity index (χ1v) is 8.89. The summed E-state index contributed by atoms with van der Waals surface area (Å²) in [6.45, 7) is 6.15. The van der Waals surface area contributed by atoms with Crippen molar-refractivity contribution in [1.82, 2.24) is 9.80 Å². The predicted molar refractivity (Wildman–Crippen MR) is 95.0 cm³/mol. The molecule has 0 radical (unpaired) electrons. The molecular formula is C19H27N3O2. The van der Waals surface area contributed by atoms with Crippen molar-refractivity contribution in [3.8, 4) is 0 Å². The van der Waals surface area contributed by atoms with E-state index in [1.54, 1.807) is 4.90 Å². The zero-order valence-corrected chi connectivity index (χ0v) is 14.7. The number of piperidine rings is 1. The summed E-state index contributed by atoms with van der Waals surface area (Å²) in [4.78, 5) is 30.7. The minimum absolute atomic E-state index is 0.0932. The van der Waals surface area contributed by atoms with Crippen LogP contribution < -0.4 is 4.90 Å². The van der Waals surface area contributed by atoms with Crippen molar-refractivity contribution in [3.63, 3.8) is 0 Å². The van der Waals surface area contributed by atoms with Gasteiger partial charge in [0.05, 0.1) is 0 Å². The molecule has 2 heterocycles. The summed E-state index contributed by atoms with van der Waals surface area (Å²) in [5.41, 5.74) is 2.49. The second kappa shape index (κ2) is 7.24. The van der Waals surface area contributed by atoms with Gasteiger partial charge in [0.1, 0.15) is 0 Å². The van der Waals surface area contributed by atoms with Gasteiger partial charge >= 0.3 is 0 Å². The molecule has 0 spiro atoms. The zero-order valence-electron chi connectivity index (χ0n) is 14.7.